The molecule has 3 rings (SSSR count). The molecule has 136 valence electrons. The average molecular weight is 371 g/mol. The van der Waals surface area contributed by atoms with Gasteiger partial charge < -0.3 is 14.6 Å². The van der Waals surface area contributed by atoms with E-state index >= 15 is 0 Å². The van der Waals surface area contributed by atoms with Crippen molar-refractivity contribution in [1.82, 2.24) is 14.6 Å². The van der Waals surface area contributed by atoms with E-state index in [0.717, 1.165) is 10.6 Å². The van der Waals surface area contributed by atoms with Crippen LogP contribution >= 0.6 is 0 Å². The van der Waals surface area contributed by atoms with E-state index in [1.807, 2.05) is 0 Å². The fraction of sp³-hybridized carbons (Fsp3) is 0.133. The Morgan fingerprint density at radius 2 is 2.08 bits per heavy atom. The van der Waals surface area contributed by atoms with Crippen molar-refractivity contribution < 1.29 is 36.9 Å². The van der Waals surface area contributed by atoms with Crippen LogP contribution in [0.3, 0.4) is 0 Å². The molecular formula is C15H9F4N3O4. The van der Waals surface area contributed by atoms with E-state index in [1.54, 1.807) is 0 Å². The second kappa shape index (κ2) is 6.50. The highest BCUT2D eigenvalue weighted by Gasteiger charge is 2.29. The van der Waals surface area contributed by atoms with Gasteiger partial charge in [-0.15, -0.1) is 0 Å². The molecule has 0 saturated heterocycles. The van der Waals surface area contributed by atoms with E-state index in [4.69, 9.17) is 9.84 Å². The minimum Gasteiger partial charge on any atom is -0.478 e. The van der Waals surface area contributed by atoms with Crippen molar-refractivity contribution >= 4 is 11.5 Å². The summed E-state index contributed by atoms with van der Waals surface area (Å²) in [6.45, 7) is -1.53. The number of rotatable bonds is 5. The van der Waals surface area contributed by atoms with Crippen LogP contribution in [-0.4, -0.2) is 38.5 Å². The number of hydrogen-bond donors (Lipinski definition) is 1. The lowest BCUT2D eigenvalue weighted by Gasteiger charge is -2.12. The van der Waals surface area contributed by atoms with Gasteiger partial charge in [-0.2, -0.15) is 18.3 Å². The van der Waals surface area contributed by atoms with Crippen molar-refractivity contribution in [3.8, 4) is 17.4 Å². The molecule has 7 nitrogen and oxygen atoms in total. The summed E-state index contributed by atoms with van der Waals surface area (Å²) in [7, 11) is 0. The Kier molecular flexibility index (Phi) is 4.36. The van der Waals surface area contributed by atoms with E-state index in [1.165, 1.54) is 30.6 Å². The molecule has 0 aliphatic heterocycles. The highest BCUT2D eigenvalue weighted by molar-refractivity contribution is 5.87. The zero-order chi connectivity index (χ0) is 18.9. The second-order valence-corrected chi connectivity index (χ2v) is 4.97. The van der Waals surface area contributed by atoms with Crippen LogP contribution in [0.5, 0.6) is 17.4 Å². The molecule has 0 saturated carbocycles. The Hall–Kier alpha value is -3.37. The van der Waals surface area contributed by atoms with Crippen molar-refractivity contribution in [1.29, 1.82) is 0 Å². The first-order valence-corrected chi connectivity index (χ1v) is 6.98. The van der Waals surface area contributed by atoms with Crippen LogP contribution in [0.25, 0.3) is 5.52 Å². The fourth-order valence-electron chi connectivity index (χ4n) is 2.03. The Labute approximate surface area is 142 Å². The summed E-state index contributed by atoms with van der Waals surface area (Å²) >= 11 is 0. The molecule has 1 N–H and O–H groups in total. The summed E-state index contributed by atoms with van der Waals surface area (Å²) in [4.78, 5) is 14.7. The normalized spacial score (nSPS) is 11.5. The number of carbonyl (C=O) groups is 1. The third kappa shape index (κ3) is 3.66. The largest absolute Gasteiger partial charge is 0.478 e. The smallest absolute Gasteiger partial charge is 0.422 e. The van der Waals surface area contributed by atoms with Crippen LogP contribution in [0, 0.1) is 5.82 Å². The molecule has 0 aliphatic carbocycles. The Morgan fingerprint density at radius 3 is 2.77 bits per heavy atom. The fourth-order valence-corrected chi connectivity index (χ4v) is 2.03. The van der Waals surface area contributed by atoms with Gasteiger partial charge in [0.05, 0.1) is 0 Å². The van der Waals surface area contributed by atoms with Crippen molar-refractivity contribution in [2.75, 3.05) is 6.61 Å². The minimum atomic E-state index is -4.54. The molecule has 0 bridgehead atoms. The van der Waals surface area contributed by atoms with Gasteiger partial charge in [0, 0.05) is 18.5 Å². The molecule has 0 aliphatic rings. The van der Waals surface area contributed by atoms with Gasteiger partial charge in [-0.3, -0.25) is 0 Å². The van der Waals surface area contributed by atoms with Crippen molar-refractivity contribution in [2.45, 2.75) is 6.18 Å². The molecule has 11 heteroatoms. The number of aromatic carboxylic acids is 1. The third-order valence-electron chi connectivity index (χ3n) is 3.09. The zero-order valence-electron chi connectivity index (χ0n) is 12.7. The average Bonchev–Trinajstić information content (AvgIpc) is 2.90. The summed E-state index contributed by atoms with van der Waals surface area (Å²) in [5, 5.41) is 12.4. The molecule has 0 spiro atoms. The van der Waals surface area contributed by atoms with Gasteiger partial charge in [0.25, 0.3) is 5.88 Å². The maximum atomic E-state index is 14.0. The lowest BCUT2D eigenvalue weighted by atomic mass is 10.3. The molecule has 0 radical (unpaired) electrons. The number of aromatic nitrogens is 3. The van der Waals surface area contributed by atoms with E-state index in [-0.39, 0.29) is 22.9 Å². The summed E-state index contributed by atoms with van der Waals surface area (Å²) in [6, 6.07) is 5.04. The van der Waals surface area contributed by atoms with Gasteiger partial charge in [-0.1, -0.05) is 0 Å². The first-order chi connectivity index (χ1) is 12.2. The molecule has 0 amide bonds. The Balaban J connectivity index is 1.89. The van der Waals surface area contributed by atoms with Gasteiger partial charge in [-0.25, -0.2) is 18.7 Å². The molecule has 26 heavy (non-hydrogen) atoms. The van der Waals surface area contributed by atoms with E-state index in [9.17, 15) is 22.4 Å². The lowest BCUT2D eigenvalue weighted by Crippen LogP contribution is -2.19. The molecule has 3 heterocycles. The number of hydrogen-bond acceptors (Lipinski definition) is 5. The van der Waals surface area contributed by atoms with Crippen LogP contribution in [0.15, 0.2) is 36.7 Å². The zero-order valence-corrected chi connectivity index (χ0v) is 12.7. The van der Waals surface area contributed by atoms with E-state index in [2.05, 4.69) is 14.8 Å². The van der Waals surface area contributed by atoms with Gasteiger partial charge >= 0.3 is 12.1 Å². The van der Waals surface area contributed by atoms with Gasteiger partial charge in [0.1, 0.15) is 11.3 Å². The SMILES string of the molecule is O=C(O)c1nn2ccc(Oc3ncccc3OCC(F)(F)F)cc2c1F. The highest BCUT2D eigenvalue weighted by atomic mass is 19.4. The van der Waals surface area contributed by atoms with Crippen LogP contribution < -0.4 is 9.47 Å². The maximum Gasteiger partial charge on any atom is 0.422 e. The Morgan fingerprint density at radius 1 is 1.31 bits per heavy atom. The van der Waals surface area contributed by atoms with Crippen LogP contribution in [0.4, 0.5) is 17.6 Å². The molecule has 0 aromatic carbocycles. The summed E-state index contributed by atoms with van der Waals surface area (Å²) in [5.74, 6) is -3.13. The first-order valence-electron chi connectivity index (χ1n) is 6.98. The predicted octanol–water partition coefficient (Wildman–Crippen LogP) is 3.30. The summed E-state index contributed by atoms with van der Waals surface area (Å²) < 4.78 is 61.9. The minimum absolute atomic E-state index is 0.00352. The molecule has 3 aromatic rings. The quantitative estimate of drug-likeness (QED) is 0.693. The number of pyridine rings is 2. The van der Waals surface area contributed by atoms with Crippen molar-refractivity contribution in [2.24, 2.45) is 0 Å². The predicted molar refractivity (Wildman–Crippen MR) is 78.0 cm³/mol. The number of nitrogens with zero attached hydrogens (tertiary/aromatic N) is 3. The maximum absolute atomic E-state index is 14.0. The molecule has 0 fully saturated rings. The van der Waals surface area contributed by atoms with Crippen molar-refractivity contribution in [3.63, 3.8) is 0 Å². The van der Waals surface area contributed by atoms with Crippen LogP contribution in [-0.2, 0) is 0 Å². The summed E-state index contributed by atoms with van der Waals surface area (Å²) in [5.41, 5.74) is -0.956. The van der Waals surface area contributed by atoms with Gasteiger partial charge in [0.15, 0.2) is 18.2 Å². The highest BCUT2D eigenvalue weighted by Crippen LogP contribution is 2.31. The Bertz CT molecular complexity index is 971. The number of carboxylic acids is 1. The number of alkyl halides is 3. The second-order valence-electron chi connectivity index (χ2n) is 4.97. The first kappa shape index (κ1) is 17.5. The van der Waals surface area contributed by atoms with Crippen molar-refractivity contribution in [3.05, 3.63) is 48.2 Å². The molecule has 0 atom stereocenters. The number of ether oxygens (including phenoxy) is 2. The van der Waals surface area contributed by atoms with E-state index in [0.29, 0.717) is 0 Å². The van der Waals surface area contributed by atoms with Gasteiger partial charge in [-0.05, 0) is 18.2 Å². The summed E-state index contributed by atoms with van der Waals surface area (Å²) in [6.07, 6.45) is -2.03. The van der Waals surface area contributed by atoms with Gasteiger partial charge in [0.2, 0.25) is 5.69 Å². The number of fused-ring (bicyclic) bond motifs is 1. The third-order valence-corrected chi connectivity index (χ3v) is 3.09. The lowest BCUT2D eigenvalue weighted by molar-refractivity contribution is -0.153. The number of halogens is 4. The number of carboxylic acid groups (broad SMARTS) is 1. The topological polar surface area (TPSA) is 86.0 Å². The molecular weight excluding hydrogens is 362 g/mol. The monoisotopic (exact) mass is 371 g/mol. The molecule has 0 unspecified atom stereocenters. The van der Waals surface area contributed by atoms with Crippen LogP contribution in [0.1, 0.15) is 10.5 Å². The molecule has 3 aromatic heterocycles. The van der Waals surface area contributed by atoms with Crippen LogP contribution in [0.2, 0.25) is 0 Å². The van der Waals surface area contributed by atoms with E-state index < -0.39 is 30.3 Å². The standard InChI is InChI=1S/C15H9F4N3O4/c16-11-9-6-8(3-5-22(9)21-12(11)14(23)24)26-13-10(2-1-4-20-13)25-7-15(17,18)19/h1-6H,7H2,(H,23,24).